The highest BCUT2D eigenvalue weighted by Crippen LogP contribution is 2.23. The fourth-order valence-electron chi connectivity index (χ4n) is 1.29. The van der Waals surface area contributed by atoms with Gasteiger partial charge in [-0.3, -0.25) is 4.79 Å². The minimum atomic E-state index is -4.20. The third-order valence-electron chi connectivity index (χ3n) is 2.22. The van der Waals surface area contributed by atoms with Crippen molar-refractivity contribution in [1.82, 2.24) is 0 Å². The summed E-state index contributed by atoms with van der Waals surface area (Å²) in [5, 5.41) is 0.564. The van der Waals surface area contributed by atoms with Crippen molar-refractivity contribution in [2.24, 2.45) is 0 Å². The van der Waals surface area contributed by atoms with Crippen molar-refractivity contribution in [3.63, 3.8) is 0 Å². The van der Waals surface area contributed by atoms with E-state index >= 15 is 0 Å². The van der Waals surface area contributed by atoms with Gasteiger partial charge in [-0.15, -0.1) is 0 Å². The number of hydrogen-bond donors (Lipinski definition) is 0. The lowest BCUT2D eigenvalue weighted by molar-refractivity contribution is -0.137. The Kier molecular flexibility index (Phi) is 6.10. The molecular formula is C12H11Cl2F3O2. The number of carbonyl (C=O) groups excluding carboxylic acids is 1. The van der Waals surface area contributed by atoms with E-state index in [1.54, 1.807) is 0 Å². The Balaban J connectivity index is 2.33. The van der Waals surface area contributed by atoms with Crippen molar-refractivity contribution < 1.29 is 22.7 Å². The quantitative estimate of drug-likeness (QED) is 0.569. The smallest absolute Gasteiger partial charge is 0.373 e. The molecule has 0 N–H and O–H groups in total. The first-order chi connectivity index (χ1) is 8.79. The van der Waals surface area contributed by atoms with E-state index in [9.17, 15) is 18.0 Å². The zero-order valence-corrected chi connectivity index (χ0v) is 11.3. The standard InChI is InChI=1S/C12H11Cl2F3O2/c13-9-3-2-8(6-10(9)14)11(18)7-19-5-1-4-12(15,16)17/h2-3,6H,1,4-5,7H2. The maximum Gasteiger partial charge on any atom is 0.389 e. The highest BCUT2D eigenvalue weighted by atomic mass is 35.5. The lowest BCUT2D eigenvalue weighted by Crippen LogP contribution is -2.12. The molecular weight excluding hydrogens is 304 g/mol. The van der Waals surface area contributed by atoms with E-state index in [4.69, 9.17) is 27.9 Å². The van der Waals surface area contributed by atoms with Gasteiger partial charge in [0, 0.05) is 18.6 Å². The van der Waals surface area contributed by atoms with Gasteiger partial charge < -0.3 is 4.74 Å². The number of rotatable bonds is 6. The first-order valence-corrected chi connectivity index (χ1v) is 6.18. The molecule has 0 saturated heterocycles. The maximum atomic E-state index is 11.8. The van der Waals surface area contributed by atoms with Gasteiger partial charge in [-0.1, -0.05) is 23.2 Å². The van der Waals surface area contributed by atoms with Crippen LogP contribution in [0.1, 0.15) is 23.2 Å². The van der Waals surface area contributed by atoms with Gasteiger partial charge in [0.1, 0.15) is 6.61 Å². The average molecular weight is 315 g/mol. The summed E-state index contributed by atoms with van der Waals surface area (Å²) in [6.07, 6.45) is -5.29. The molecule has 2 nitrogen and oxygen atoms in total. The molecule has 0 aliphatic heterocycles. The first-order valence-electron chi connectivity index (χ1n) is 5.42. The van der Waals surface area contributed by atoms with E-state index in [0.29, 0.717) is 10.6 Å². The zero-order valence-electron chi connectivity index (χ0n) is 9.77. The van der Waals surface area contributed by atoms with Crippen LogP contribution in [-0.2, 0) is 4.74 Å². The van der Waals surface area contributed by atoms with Gasteiger partial charge in [0.2, 0.25) is 0 Å². The molecule has 7 heteroatoms. The van der Waals surface area contributed by atoms with Gasteiger partial charge in [0.05, 0.1) is 10.0 Å². The molecule has 0 spiro atoms. The summed E-state index contributed by atoms with van der Waals surface area (Å²) < 4.78 is 40.4. The van der Waals surface area contributed by atoms with E-state index in [1.165, 1.54) is 18.2 Å². The molecule has 0 aromatic heterocycles. The van der Waals surface area contributed by atoms with Crippen LogP contribution in [0.4, 0.5) is 13.2 Å². The molecule has 0 bridgehead atoms. The molecule has 1 aromatic rings. The second kappa shape index (κ2) is 7.12. The summed E-state index contributed by atoms with van der Waals surface area (Å²) in [7, 11) is 0. The second-order valence-electron chi connectivity index (χ2n) is 3.82. The summed E-state index contributed by atoms with van der Waals surface area (Å²) in [6.45, 7) is -0.400. The number of halogens is 5. The van der Waals surface area contributed by atoms with Gasteiger partial charge >= 0.3 is 6.18 Å². The second-order valence-corrected chi connectivity index (χ2v) is 4.64. The van der Waals surface area contributed by atoms with Gasteiger partial charge in [-0.05, 0) is 24.6 Å². The molecule has 0 radical (unpaired) electrons. The number of ether oxygens (including phenoxy) is 1. The lowest BCUT2D eigenvalue weighted by Gasteiger charge is -2.07. The Hall–Kier alpha value is -0.780. The fraction of sp³-hybridized carbons (Fsp3) is 0.417. The van der Waals surface area contributed by atoms with Crippen LogP contribution >= 0.6 is 23.2 Å². The van der Waals surface area contributed by atoms with Crippen LogP contribution in [0.3, 0.4) is 0 Å². The largest absolute Gasteiger partial charge is 0.389 e. The topological polar surface area (TPSA) is 26.3 Å². The predicted molar refractivity (Wildman–Crippen MR) is 66.9 cm³/mol. The summed E-state index contributed by atoms with van der Waals surface area (Å²) in [5.74, 6) is -0.356. The Labute approximate surface area is 118 Å². The Morgan fingerprint density at radius 1 is 1.21 bits per heavy atom. The highest BCUT2D eigenvalue weighted by molar-refractivity contribution is 6.42. The van der Waals surface area contributed by atoms with Crippen LogP contribution < -0.4 is 0 Å². The molecule has 0 atom stereocenters. The fourth-order valence-corrected chi connectivity index (χ4v) is 1.59. The Morgan fingerprint density at radius 2 is 1.89 bits per heavy atom. The molecule has 1 rings (SSSR count). The third-order valence-corrected chi connectivity index (χ3v) is 2.96. The molecule has 0 aliphatic rings. The van der Waals surface area contributed by atoms with Gasteiger partial charge in [0.25, 0.3) is 0 Å². The zero-order chi connectivity index (χ0) is 14.5. The number of benzene rings is 1. The van der Waals surface area contributed by atoms with E-state index < -0.39 is 12.6 Å². The number of alkyl halides is 3. The van der Waals surface area contributed by atoms with E-state index in [0.717, 1.165) is 0 Å². The van der Waals surface area contributed by atoms with Crippen molar-refractivity contribution >= 4 is 29.0 Å². The van der Waals surface area contributed by atoms with Gasteiger partial charge in [-0.2, -0.15) is 13.2 Å². The number of ketones is 1. The van der Waals surface area contributed by atoms with Crippen LogP contribution in [0.2, 0.25) is 10.0 Å². The summed E-state index contributed by atoms with van der Waals surface area (Å²) in [5.41, 5.74) is 0.310. The van der Waals surface area contributed by atoms with Crippen LogP contribution in [0.5, 0.6) is 0 Å². The minimum absolute atomic E-state index is 0.118. The first kappa shape index (κ1) is 16.3. The van der Waals surface area contributed by atoms with E-state index in [1.807, 2.05) is 0 Å². The lowest BCUT2D eigenvalue weighted by atomic mass is 10.1. The average Bonchev–Trinajstić information content (AvgIpc) is 2.30. The SMILES string of the molecule is O=C(COCCCC(F)(F)F)c1ccc(Cl)c(Cl)c1. The molecule has 0 heterocycles. The summed E-state index contributed by atoms with van der Waals surface area (Å²) in [4.78, 5) is 11.6. The molecule has 0 fully saturated rings. The number of hydrogen-bond acceptors (Lipinski definition) is 2. The number of Topliss-reactive ketones (excluding diaryl/α,β-unsaturated/α-hetero) is 1. The van der Waals surface area contributed by atoms with Crippen molar-refractivity contribution in [3.8, 4) is 0 Å². The van der Waals surface area contributed by atoms with Crippen molar-refractivity contribution in [3.05, 3.63) is 33.8 Å². The van der Waals surface area contributed by atoms with E-state index in [-0.39, 0.29) is 30.4 Å². The monoisotopic (exact) mass is 314 g/mol. The van der Waals surface area contributed by atoms with Crippen LogP contribution in [0, 0.1) is 0 Å². The molecule has 0 unspecified atom stereocenters. The highest BCUT2D eigenvalue weighted by Gasteiger charge is 2.25. The van der Waals surface area contributed by atoms with Gasteiger partial charge in [-0.25, -0.2) is 0 Å². The molecule has 0 amide bonds. The third kappa shape index (κ3) is 6.27. The molecule has 19 heavy (non-hydrogen) atoms. The Morgan fingerprint density at radius 3 is 2.47 bits per heavy atom. The normalized spacial score (nSPS) is 11.6. The summed E-state index contributed by atoms with van der Waals surface area (Å²) in [6, 6.07) is 4.35. The molecule has 106 valence electrons. The van der Waals surface area contributed by atoms with Crippen LogP contribution in [0.15, 0.2) is 18.2 Å². The molecule has 0 aliphatic carbocycles. The molecule has 1 aromatic carbocycles. The Bertz CT molecular complexity index is 447. The van der Waals surface area contributed by atoms with Crippen LogP contribution in [-0.4, -0.2) is 25.2 Å². The summed E-state index contributed by atoms with van der Waals surface area (Å²) >= 11 is 11.4. The minimum Gasteiger partial charge on any atom is -0.373 e. The van der Waals surface area contributed by atoms with Crippen molar-refractivity contribution in [2.75, 3.05) is 13.2 Å². The molecule has 0 saturated carbocycles. The maximum absolute atomic E-state index is 11.8. The van der Waals surface area contributed by atoms with Crippen LogP contribution in [0.25, 0.3) is 0 Å². The van der Waals surface area contributed by atoms with E-state index in [2.05, 4.69) is 0 Å². The predicted octanol–water partition coefficient (Wildman–Crippen LogP) is 4.54. The number of carbonyl (C=O) groups is 1. The van der Waals surface area contributed by atoms with Crippen molar-refractivity contribution in [1.29, 1.82) is 0 Å². The van der Waals surface area contributed by atoms with Crippen molar-refractivity contribution in [2.45, 2.75) is 19.0 Å². The van der Waals surface area contributed by atoms with Gasteiger partial charge in [0.15, 0.2) is 5.78 Å².